The SMILES string of the molecule is CCCCCCOC(=O)N(CCC(=O)OCC)c1ccccn1. The van der Waals surface area contributed by atoms with E-state index in [1.807, 2.05) is 0 Å². The lowest BCUT2D eigenvalue weighted by Gasteiger charge is -2.20. The van der Waals surface area contributed by atoms with Crippen molar-refractivity contribution in [1.82, 2.24) is 4.98 Å². The number of hydrogen-bond acceptors (Lipinski definition) is 5. The minimum absolute atomic E-state index is 0.106. The number of ether oxygens (including phenoxy) is 2. The molecule has 0 aromatic carbocycles. The van der Waals surface area contributed by atoms with Crippen molar-refractivity contribution >= 4 is 17.9 Å². The van der Waals surface area contributed by atoms with Crippen molar-refractivity contribution in [3.8, 4) is 0 Å². The second-order valence-electron chi connectivity index (χ2n) is 5.07. The van der Waals surface area contributed by atoms with Gasteiger partial charge < -0.3 is 9.47 Å². The first-order valence-electron chi connectivity index (χ1n) is 8.20. The molecular formula is C17H26N2O4. The molecule has 128 valence electrons. The zero-order chi connectivity index (χ0) is 16.9. The second-order valence-corrected chi connectivity index (χ2v) is 5.07. The standard InChI is InChI=1S/C17H26N2O4/c1-3-5-6-9-14-23-17(21)19(13-11-16(20)22-4-2)15-10-7-8-12-18-15/h7-8,10,12H,3-6,9,11,13-14H2,1-2H3. The van der Waals surface area contributed by atoms with Gasteiger partial charge in [-0.25, -0.2) is 9.78 Å². The van der Waals surface area contributed by atoms with E-state index in [1.54, 1.807) is 31.3 Å². The quantitative estimate of drug-likeness (QED) is 0.486. The van der Waals surface area contributed by atoms with E-state index >= 15 is 0 Å². The Morgan fingerprint density at radius 1 is 1.13 bits per heavy atom. The summed E-state index contributed by atoms with van der Waals surface area (Å²) in [4.78, 5) is 29.3. The lowest BCUT2D eigenvalue weighted by Crippen LogP contribution is -2.34. The average Bonchev–Trinajstić information content (AvgIpc) is 2.56. The first-order chi connectivity index (χ1) is 11.2. The second kappa shape index (κ2) is 11.5. The van der Waals surface area contributed by atoms with Gasteiger partial charge in [-0.15, -0.1) is 0 Å². The number of carbonyl (C=O) groups is 2. The first kappa shape index (κ1) is 18.9. The van der Waals surface area contributed by atoms with Gasteiger partial charge in [-0.1, -0.05) is 32.3 Å². The van der Waals surface area contributed by atoms with Crippen LogP contribution in [-0.2, 0) is 14.3 Å². The largest absolute Gasteiger partial charge is 0.466 e. The molecule has 1 aromatic rings. The Balaban J connectivity index is 2.56. The average molecular weight is 322 g/mol. The maximum atomic E-state index is 12.3. The zero-order valence-corrected chi connectivity index (χ0v) is 14.0. The Kier molecular flexibility index (Phi) is 9.43. The number of rotatable bonds is 10. The summed E-state index contributed by atoms with van der Waals surface area (Å²) < 4.78 is 10.2. The lowest BCUT2D eigenvalue weighted by molar-refractivity contribution is -0.142. The highest BCUT2D eigenvalue weighted by Gasteiger charge is 2.19. The van der Waals surface area contributed by atoms with E-state index in [9.17, 15) is 9.59 Å². The fourth-order valence-corrected chi connectivity index (χ4v) is 2.02. The molecule has 0 spiro atoms. The molecule has 1 aromatic heterocycles. The van der Waals surface area contributed by atoms with Gasteiger partial charge in [0.05, 0.1) is 19.6 Å². The maximum Gasteiger partial charge on any atom is 0.415 e. The molecule has 0 bridgehead atoms. The van der Waals surface area contributed by atoms with Gasteiger partial charge in [-0.05, 0) is 25.5 Å². The summed E-state index contributed by atoms with van der Waals surface area (Å²) in [5, 5.41) is 0. The maximum absolute atomic E-state index is 12.3. The van der Waals surface area contributed by atoms with Crippen molar-refractivity contribution in [2.45, 2.75) is 46.0 Å². The van der Waals surface area contributed by atoms with Gasteiger partial charge in [-0.3, -0.25) is 9.69 Å². The fraction of sp³-hybridized carbons (Fsp3) is 0.588. The van der Waals surface area contributed by atoms with E-state index in [0.29, 0.717) is 19.0 Å². The predicted octanol–water partition coefficient (Wildman–Crippen LogP) is 3.56. The molecule has 0 fully saturated rings. The van der Waals surface area contributed by atoms with E-state index in [2.05, 4.69) is 11.9 Å². The molecule has 1 heterocycles. The number of carbonyl (C=O) groups excluding carboxylic acids is 2. The highest BCUT2D eigenvalue weighted by molar-refractivity contribution is 5.87. The minimum atomic E-state index is -0.482. The summed E-state index contributed by atoms with van der Waals surface area (Å²) in [6.45, 7) is 4.76. The Bertz CT molecular complexity index is 465. The van der Waals surface area contributed by atoms with Crippen LogP contribution in [0.2, 0.25) is 0 Å². The third kappa shape index (κ3) is 7.63. The molecule has 0 N–H and O–H groups in total. The summed E-state index contributed by atoms with van der Waals surface area (Å²) in [7, 11) is 0. The third-order valence-corrected chi connectivity index (χ3v) is 3.21. The lowest BCUT2D eigenvalue weighted by atomic mass is 10.2. The van der Waals surface area contributed by atoms with E-state index < -0.39 is 6.09 Å². The number of aromatic nitrogens is 1. The van der Waals surface area contributed by atoms with E-state index in [1.165, 1.54) is 4.90 Å². The van der Waals surface area contributed by atoms with Crippen molar-refractivity contribution in [1.29, 1.82) is 0 Å². The Morgan fingerprint density at radius 2 is 1.96 bits per heavy atom. The van der Waals surface area contributed by atoms with Crippen LogP contribution in [0, 0.1) is 0 Å². The van der Waals surface area contributed by atoms with Crippen LogP contribution in [-0.4, -0.2) is 36.8 Å². The van der Waals surface area contributed by atoms with Gasteiger partial charge in [0, 0.05) is 12.7 Å². The zero-order valence-electron chi connectivity index (χ0n) is 14.0. The topological polar surface area (TPSA) is 68.7 Å². The summed E-state index contributed by atoms with van der Waals surface area (Å²) in [5.74, 6) is 0.125. The number of amides is 1. The molecule has 0 saturated heterocycles. The Morgan fingerprint density at radius 3 is 2.61 bits per heavy atom. The molecular weight excluding hydrogens is 296 g/mol. The number of unbranched alkanes of at least 4 members (excludes halogenated alkanes) is 3. The molecule has 6 heteroatoms. The molecule has 0 aliphatic rings. The van der Waals surface area contributed by atoms with Crippen LogP contribution in [0.4, 0.5) is 10.6 Å². The van der Waals surface area contributed by atoms with Crippen LogP contribution in [0.1, 0.15) is 46.0 Å². The first-order valence-corrected chi connectivity index (χ1v) is 8.20. The molecule has 0 radical (unpaired) electrons. The third-order valence-electron chi connectivity index (χ3n) is 3.21. The summed E-state index contributed by atoms with van der Waals surface area (Å²) >= 11 is 0. The number of esters is 1. The summed E-state index contributed by atoms with van der Waals surface area (Å²) in [5.41, 5.74) is 0. The smallest absolute Gasteiger partial charge is 0.415 e. The van der Waals surface area contributed by atoms with Crippen LogP contribution < -0.4 is 4.90 Å². The summed E-state index contributed by atoms with van der Waals surface area (Å²) in [6, 6.07) is 5.26. The van der Waals surface area contributed by atoms with Crippen molar-refractivity contribution < 1.29 is 19.1 Å². The highest BCUT2D eigenvalue weighted by Crippen LogP contribution is 2.12. The van der Waals surface area contributed by atoms with Crippen molar-refractivity contribution in [3.05, 3.63) is 24.4 Å². The monoisotopic (exact) mass is 322 g/mol. The molecule has 23 heavy (non-hydrogen) atoms. The fourth-order valence-electron chi connectivity index (χ4n) is 2.02. The minimum Gasteiger partial charge on any atom is -0.466 e. The van der Waals surface area contributed by atoms with Gasteiger partial charge >= 0.3 is 12.1 Å². The van der Waals surface area contributed by atoms with E-state index in [-0.39, 0.29) is 18.9 Å². The molecule has 0 aliphatic carbocycles. The van der Waals surface area contributed by atoms with E-state index in [0.717, 1.165) is 25.7 Å². The van der Waals surface area contributed by atoms with Crippen molar-refractivity contribution in [2.24, 2.45) is 0 Å². The number of nitrogens with zero attached hydrogens (tertiary/aromatic N) is 2. The predicted molar refractivity (Wildman–Crippen MR) is 88.3 cm³/mol. The van der Waals surface area contributed by atoms with Gasteiger partial charge in [0.25, 0.3) is 0 Å². The molecule has 0 atom stereocenters. The molecule has 6 nitrogen and oxygen atoms in total. The van der Waals surface area contributed by atoms with Crippen molar-refractivity contribution in [3.63, 3.8) is 0 Å². The Labute approximate surface area is 137 Å². The van der Waals surface area contributed by atoms with Gasteiger partial charge in [-0.2, -0.15) is 0 Å². The number of hydrogen-bond donors (Lipinski definition) is 0. The Hall–Kier alpha value is -2.11. The summed E-state index contributed by atoms with van der Waals surface area (Å²) in [6.07, 6.45) is 5.36. The van der Waals surface area contributed by atoms with Crippen LogP contribution in [0.5, 0.6) is 0 Å². The van der Waals surface area contributed by atoms with Crippen LogP contribution in [0.25, 0.3) is 0 Å². The molecule has 0 aliphatic heterocycles. The van der Waals surface area contributed by atoms with Crippen LogP contribution >= 0.6 is 0 Å². The van der Waals surface area contributed by atoms with E-state index in [4.69, 9.17) is 9.47 Å². The molecule has 1 rings (SSSR count). The molecule has 1 amide bonds. The van der Waals surface area contributed by atoms with Gasteiger partial charge in [0.2, 0.25) is 0 Å². The molecule has 0 unspecified atom stereocenters. The number of pyridine rings is 1. The van der Waals surface area contributed by atoms with Gasteiger partial charge in [0.15, 0.2) is 0 Å². The normalized spacial score (nSPS) is 10.2. The van der Waals surface area contributed by atoms with Gasteiger partial charge in [0.1, 0.15) is 5.82 Å². The van der Waals surface area contributed by atoms with Crippen LogP contribution in [0.3, 0.4) is 0 Å². The highest BCUT2D eigenvalue weighted by atomic mass is 16.6. The van der Waals surface area contributed by atoms with Crippen molar-refractivity contribution in [2.75, 3.05) is 24.7 Å². The number of anilines is 1. The molecule has 0 saturated carbocycles. The van der Waals surface area contributed by atoms with Crippen LogP contribution in [0.15, 0.2) is 24.4 Å².